The van der Waals surface area contributed by atoms with Crippen LogP contribution in [0.15, 0.2) is 17.0 Å². The fourth-order valence-electron chi connectivity index (χ4n) is 1.65. The summed E-state index contributed by atoms with van der Waals surface area (Å²) in [5.41, 5.74) is -0.292. The Balaban J connectivity index is 3.27. The molecule has 0 aliphatic heterocycles. The van der Waals surface area contributed by atoms with Gasteiger partial charge in [0.15, 0.2) is 0 Å². The quantitative estimate of drug-likeness (QED) is 0.787. The highest BCUT2D eigenvalue weighted by molar-refractivity contribution is 8.13. The molecule has 0 heterocycles. The third-order valence-electron chi connectivity index (χ3n) is 3.50. The van der Waals surface area contributed by atoms with Gasteiger partial charge in [0.1, 0.15) is 4.90 Å². The molecule has 4 nitrogen and oxygen atoms in total. The normalized spacial score (nSPS) is 12.3. The van der Waals surface area contributed by atoms with Crippen molar-refractivity contribution in [3.8, 4) is 0 Å². The van der Waals surface area contributed by atoms with Crippen LogP contribution in [0.4, 0.5) is 0 Å². The third kappa shape index (κ3) is 4.49. The Morgan fingerprint density at radius 1 is 1.24 bits per heavy atom. The minimum Gasteiger partial charge on any atom is -0.347 e. The lowest BCUT2D eigenvalue weighted by molar-refractivity contribution is 0.0901. The second kappa shape index (κ2) is 6.73. The summed E-state index contributed by atoms with van der Waals surface area (Å²) in [7, 11) is 1.21. The third-order valence-corrected chi connectivity index (χ3v) is 5.76. The summed E-state index contributed by atoms with van der Waals surface area (Å²) in [5.74, 6) is -0.429. The molecule has 0 aliphatic rings. The van der Waals surface area contributed by atoms with Gasteiger partial charge in [-0.3, -0.25) is 4.79 Å². The van der Waals surface area contributed by atoms with Crippen molar-refractivity contribution in [3.63, 3.8) is 0 Å². The minimum absolute atomic E-state index is 0.0433. The van der Waals surface area contributed by atoms with Crippen LogP contribution in [0.3, 0.4) is 0 Å². The highest BCUT2D eigenvalue weighted by Gasteiger charge is 2.25. The van der Waals surface area contributed by atoms with Crippen LogP contribution in [0.25, 0.3) is 0 Å². The van der Waals surface area contributed by atoms with E-state index in [-0.39, 0.29) is 26.0 Å². The lowest BCUT2D eigenvalue weighted by Gasteiger charge is -2.28. The minimum atomic E-state index is -4.09. The first-order chi connectivity index (χ1) is 9.54. The van der Waals surface area contributed by atoms with E-state index in [1.165, 1.54) is 6.07 Å². The van der Waals surface area contributed by atoms with Crippen molar-refractivity contribution in [1.29, 1.82) is 0 Å². The van der Waals surface area contributed by atoms with Crippen molar-refractivity contribution in [2.24, 2.45) is 0 Å². The van der Waals surface area contributed by atoms with E-state index >= 15 is 0 Å². The van der Waals surface area contributed by atoms with Gasteiger partial charge in [-0.25, -0.2) is 8.42 Å². The Labute approximate surface area is 139 Å². The maximum atomic E-state index is 12.3. The predicted octanol–water partition coefficient (Wildman–Crippen LogP) is 4.23. The molecule has 0 saturated carbocycles. The fraction of sp³-hybridized carbons (Fsp3) is 0.462. The number of benzene rings is 1. The Morgan fingerprint density at radius 3 is 2.19 bits per heavy atom. The summed E-state index contributed by atoms with van der Waals surface area (Å²) < 4.78 is 22.9. The molecule has 1 N–H and O–H groups in total. The van der Waals surface area contributed by atoms with Crippen LogP contribution in [-0.2, 0) is 9.05 Å². The van der Waals surface area contributed by atoms with Gasteiger partial charge in [-0.05, 0) is 31.9 Å². The Kier molecular flexibility index (Phi) is 5.95. The molecule has 1 aromatic rings. The van der Waals surface area contributed by atoms with Crippen LogP contribution in [0, 0.1) is 0 Å². The molecular formula is C13H16Cl3NO3S. The molecule has 0 aromatic heterocycles. The number of halogens is 3. The monoisotopic (exact) mass is 371 g/mol. The van der Waals surface area contributed by atoms with Crippen molar-refractivity contribution in [3.05, 3.63) is 27.7 Å². The van der Waals surface area contributed by atoms with E-state index in [0.717, 1.165) is 18.9 Å². The second-order valence-electron chi connectivity index (χ2n) is 4.93. The van der Waals surface area contributed by atoms with Gasteiger partial charge in [0.25, 0.3) is 15.0 Å². The number of carbonyl (C=O) groups is 1. The van der Waals surface area contributed by atoms with Gasteiger partial charge >= 0.3 is 0 Å². The first-order valence-corrected chi connectivity index (χ1v) is 9.37. The fourth-order valence-corrected chi connectivity index (χ4v) is 3.41. The summed E-state index contributed by atoms with van der Waals surface area (Å²) in [4.78, 5) is 11.9. The van der Waals surface area contributed by atoms with Gasteiger partial charge < -0.3 is 5.32 Å². The molecule has 21 heavy (non-hydrogen) atoms. The van der Waals surface area contributed by atoms with E-state index in [1.54, 1.807) is 0 Å². The molecule has 1 aromatic carbocycles. The number of hydrogen-bond donors (Lipinski definition) is 1. The Bertz CT molecular complexity index is 655. The van der Waals surface area contributed by atoms with Crippen molar-refractivity contribution in [1.82, 2.24) is 5.32 Å². The number of carbonyl (C=O) groups excluding carboxylic acids is 1. The molecule has 1 amide bonds. The highest BCUT2D eigenvalue weighted by atomic mass is 35.7. The summed E-state index contributed by atoms with van der Waals surface area (Å²) in [6.45, 7) is 5.81. The van der Waals surface area contributed by atoms with E-state index in [1.807, 2.05) is 20.8 Å². The smallest absolute Gasteiger partial charge is 0.262 e. The molecule has 0 radical (unpaired) electrons. The largest absolute Gasteiger partial charge is 0.347 e. The highest BCUT2D eigenvalue weighted by Crippen LogP contribution is 2.33. The average molecular weight is 373 g/mol. The number of amides is 1. The first-order valence-electron chi connectivity index (χ1n) is 6.30. The zero-order chi connectivity index (χ0) is 16.4. The molecule has 0 saturated heterocycles. The molecule has 0 aliphatic carbocycles. The lowest BCUT2D eigenvalue weighted by atomic mass is 9.95. The number of nitrogens with one attached hydrogen (secondary N) is 1. The van der Waals surface area contributed by atoms with Gasteiger partial charge in [-0.15, -0.1) is 0 Å². The van der Waals surface area contributed by atoms with E-state index in [9.17, 15) is 13.2 Å². The number of hydrogen-bond acceptors (Lipinski definition) is 3. The maximum absolute atomic E-state index is 12.3. The van der Waals surface area contributed by atoms with Crippen LogP contribution < -0.4 is 5.32 Å². The lowest BCUT2D eigenvalue weighted by Crippen LogP contribution is -2.45. The van der Waals surface area contributed by atoms with Gasteiger partial charge in [0.05, 0.1) is 10.0 Å². The van der Waals surface area contributed by atoms with Crippen molar-refractivity contribution < 1.29 is 13.2 Å². The maximum Gasteiger partial charge on any atom is 0.262 e. The van der Waals surface area contributed by atoms with Gasteiger partial charge in [0, 0.05) is 21.8 Å². The molecule has 8 heteroatoms. The number of rotatable bonds is 5. The van der Waals surface area contributed by atoms with Gasteiger partial charge in [-0.1, -0.05) is 37.0 Å². The Morgan fingerprint density at radius 2 is 1.76 bits per heavy atom. The molecule has 1 rings (SSSR count). The molecular weight excluding hydrogens is 357 g/mol. The zero-order valence-corrected chi connectivity index (χ0v) is 14.9. The predicted molar refractivity (Wildman–Crippen MR) is 86.0 cm³/mol. The molecule has 0 bridgehead atoms. The second-order valence-corrected chi connectivity index (χ2v) is 8.25. The van der Waals surface area contributed by atoms with Crippen LogP contribution in [0.5, 0.6) is 0 Å². The molecule has 0 atom stereocenters. The molecule has 0 fully saturated rings. The molecule has 0 spiro atoms. The van der Waals surface area contributed by atoms with Gasteiger partial charge in [-0.2, -0.15) is 0 Å². The average Bonchev–Trinajstić information content (AvgIpc) is 2.40. The summed E-state index contributed by atoms with van der Waals surface area (Å²) in [6.07, 6.45) is 1.47. The summed E-state index contributed by atoms with van der Waals surface area (Å²) in [6, 6.07) is 2.44. The Hall–Kier alpha value is -0.490. The summed E-state index contributed by atoms with van der Waals surface area (Å²) in [5, 5.41) is 2.62. The molecule has 0 unspecified atom stereocenters. The van der Waals surface area contributed by atoms with Gasteiger partial charge in [0.2, 0.25) is 0 Å². The van der Waals surface area contributed by atoms with Crippen molar-refractivity contribution in [2.45, 2.75) is 44.0 Å². The van der Waals surface area contributed by atoms with Crippen LogP contribution in [-0.4, -0.2) is 19.9 Å². The van der Waals surface area contributed by atoms with Crippen molar-refractivity contribution in [2.75, 3.05) is 0 Å². The van der Waals surface area contributed by atoms with E-state index in [0.29, 0.717) is 0 Å². The van der Waals surface area contributed by atoms with Crippen LogP contribution in [0.2, 0.25) is 10.0 Å². The standard InChI is InChI=1S/C13H16Cl3NO3S/c1-4-13(3,5-2)17-12(18)8-6-9(14)11(15)10(7-8)21(16,19)20/h6-7H,4-5H2,1-3H3,(H,17,18). The SMILES string of the molecule is CCC(C)(CC)NC(=O)c1cc(Cl)c(Cl)c(S(=O)(=O)Cl)c1. The topological polar surface area (TPSA) is 63.2 Å². The van der Waals surface area contributed by atoms with Crippen LogP contribution >= 0.6 is 33.9 Å². The zero-order valence-electron chi connectivity index (χ0n) is 11.8. The molecule has 118 valence electrons. The first kappa shape index (κ1) is 18.6. The van der Waals surface area contributed by atoms with E-state index in [4.69, 9.17) is 33.9 Å². The van der Waals surface area contributed by atoms with E-state index in [2.05, 4.69) is 5.32 Å². The summed E-state index contributed by atoms with van der Waals surface area (Å²) >= 11 is 11.7. The van der Waals surface area contributed by atoms with Crippen LogP contribution in [0.1, 0.15) is 44.0 Å². The van der Waals surface area contributed by atoms with E-state index < -0.39 is 15.0 Å². The van der Waals surface area contributed by atoms with Crippen molar-refractivity contribution >= 4 is 48.8 Å².